The van der Waals surface area contributed by atoms with Crippen LogP contribution in [0.1, 0.15) is 52.0 Å². The third-order valence-corrected chi connectivity index (χ3v) is 7.25. The van der Waals surface area contributed by atoms with E-state index in [2.05, 4.69) is 16.0 Å². The molecule has 0 unspecified atom stereocenters. The fourth-order valence-electron chi connectivity index (χ4n) is 5.01. The number of carbonyl (C=O) groups is 5. The monoisotopic (exact) mass is 586 g/mol. The molecule has 1 saturated heterocycles. The van der Waals surface area contributed by atoms with E-state index in [0.29, 0.717) is 38.6 Å². The van der Waals surface area contributed by atoms with Crippen molar-refractivity contribution < 1.29 is 28.7 Å². The first-order valence-corrected chi connectivity index (χ1v) is 14.4. The van der Waals surface area contributed by atoms with E-state index < -0.39 is 47.2 Å². The molecular formula is C30H46N6O6. The van der Waals surface area contributed by atoms with Crippen LogP contribution in [0.25, 0.3) is 0 Å². The van der Waals surface area contributed by atoms with Crippen molar-refractivity contribution in [1.29, 1.82) is 0 Å². The second kappa shape index (κ2) is 13.5. The Morgan fingerprint density at radius 1 is 1.00 bits per heavy atom. The van der Waals surface area contributed by atoms with Crippen molar-refractivity contribution in [2.75, 3.05) is 41.3 Å². The van der Waals surface area contributed by atoms with Gasteiger partial charge in [0.05, 0.1) is 0 Å². The number of amides is 5. The number of hydrogen-bond donors (Lipinski definition) is 3. The number of benzene rings is 1. The van der Waals surface area contributed by atoms with Gasteiger partial charge in [-0.1, -0.05) is 30.3 Å². The zero-order chi connectivity index (χ0) is 31.2. The van der Waals surface area contributed by atoms with Crippen LogP contribution >= 0.6 is 0 Å². The molecule has 232 valence electrons. The molecule has 12 nitrogen and oxygen atoms in total. The van der Waals surface area contributed by atoms with E-state index in [1.165, 1.54) is 9.80 Å². The summed E-state index contributed by atoms with van der Waals surface area (Å²) in [7, 11) is 6.84. The highest BCUT2D eigenvalue weighted by molar-refractivity contribution is 5.99. The number of carbonyl (C=O) groups excluding carboxylic acids is 5. The highest BCUT2D eigenvalue weighted by Crippen LogP contribution is 2.36. The lowest BCUT2D eigenvalue weighted by Gasteiger charge is -2.31. The molecule has 3 rings (SSSR count). The van der Waals surface area contributed by atoms with Gasteiger partial charge in [0.1, 0.15) is 29.3 Å². The van der Waals surface area contributed by atoms with Crippen LogP contribution < -0.4 is 16.0 Å². The van der Waals surface area contributed by atoms with Gasteiger partial charge in [0, 0.05) is 33.6 Å². The standard InChI is InChI=1S/C30H46N6O6/c1-29(2,3)42-28(41)32-22(19-34(4)5)26(39)36-17-11-14-23(36)24(37)33-30(15-16-30)27(40)31-21(25(38)35(6)7)18-20-12-9-8-10-13-20/h8-10,12-13,21-23H,11,14-19H2,1-7H3,(H,31,40)(H,32,41)(H,33,37)/t21-,22+,23-/m1/s1. The largest absolute Gasteiger partial charge is 0.444 e. The van der Waals surface area contributed by atoms with Crippen molar-refractivity contribution in [3.8, 4) is 0 Å². The lowest BCUT2D eigenvalue weighted by molar-refractivity contribution is -0.141. The van der Waals surface area contributed by atoms with Crippen molar-refractivity contribution in [2.45, 2.75) is 82.1 Å². The van der Waals surface area contributed by atoms with Crippen LogP contribution in [0.15, 0.2) is 30.3 Å². The van der Waals surface area contributed by atoms with Gasteiger partial charge in [0.2, 0.25) is 23.6 Å². The fourth-order valence-corrected chi connectivity index (χ4v) is 5.01. The summed E-state index contributed by atoms with van der Waals surface area (Å²) in [4.78, 5) is 70.6. The quantitative estimate of drug-likeness (QED) is 0.350. The van der Waals surface area contributed by atoms with Gasteiger partial charge in [0.15, 0.2) is 0 Å². The number of rotatable bonds is 11. The maximum absolute atomic E-state index is 13.6. The lowest BCUT2D eigenvalue weighted by Crippen LogP contribution is -2.60. The van der Waals surface area contributed by atoms with Crippen molar-refractivity contribution in [2.24, 2.45) is 0 Å². The van der Waals surface area contributed by atoms with Crippen LogP contribution in [0.3, 0.4) is 0 Å². The minimum atomic E-state index is -1.13. The van der Waals surface area contributed by atoms with Crippen LogP contribution in [-0.2, 0) is 30.3 Å². The van der Waals surface area contributed by atoms with E-state index in [0.717, 1.165) is 5.56 Å². The topological polar surface area (TPSA) is 140 Å². The fraction of sp³-hybridized carbons (Fsp3) is 0.633. The number of alkyl carbamates (subject to hydrolysis) is 1. The highest BCUT2D eigenvalue weighted by atomic mass is 16.6. The summed E-state index contributed by atoms with van der Waals surface area (Å²) in [6, 6.07) is 6.92. The summed E-state index contributed by atoms with van der Waals surface area (Å²) in [5.41, 5.74) is -0.963. The van der Waals surface area contributed by atoms with Crippen molar-refractivity contribution in [1.82, 2.24) is 30.7 Å². The molecule has 1 heterocycles. The average molecular weight is 587 g/mol. The Kier molecular flexibility index (Phi) is 10.6. The molecule has 5 amide bonds. The van der Waals surface area contributed by atoms with Gasteiger partial charge in [-0.25, -0.2) is 4.79 Å². The van der Waals surface area contributed by atoms with Gasteiger partial charge in [-0.2, -0.15) is 0 Å². The number of nitrogens with one attached hydrogen (secondary N) is 3. The van der Waals surface area contributed by atoms with E-state index in [1.807, 2.05) is 30.3 Å². The van der Waals surface area contributed by atoms with E-state index in [4.69, 9.17) is 4.74 Å². The Hall–Kier alpha value is -3.67. The minimum Gasteiger partial charge on any atom is -0.444 e. The molecule has 1 saturated carbocycles. The Bertz CT molecular complexity index is 1140. The summed E-state index contributed by atoms with van der Waals surface area (Å²) in [5.74, 6) is -1.47. The van der Waals surface area contributed by atoms with E-state index >= 15 is 0 Å². The molecule has 0 spiro atoms. The van der Waals surface area contributed by atoms with Crippen LogP contribution in [0.4, 0.5) is 4.79 Å². The van der Waals surface area contributed by atoms with Crippen molar-refractivity contribution >= 4 is 29.7 Å². The Morgan fingerprint density at radius 3 is 2.19 bits per heavy atom. The zero-order valence-corrected chi connectivity index (χ0v) is 25.9. The predicted octanol–water partition coefficient (Wildman–Crippen LogP) is 0.897. The maximum Gasteiger partial charge on any atom is 0.408 e. The molecule has 0 aromatic heterocycles. The van der Waals surface area contributed by atoms with Gasteiger partial charge in [0.25, 0.3) is 0 Å². The molecule has 2 fully saturated rings. The molecule has 3 atom stereocenters. The summed E-state index contributed by atoms with van der Waals surface area (Å²) in [6.07, 6.45) is 1.52. The number of hydrogen-bond acceptors (Lipinski definition) is 7. The maximum atomic E-state index is 13.6. The van der Waals surface area contributed by atoms with E-state index in [1.54, 1.807) is 53.9 Å². The van der Waals surface area contributed by atoms with E-state index in [-0.39, 0.29) is 18.4 Å². The normalized spacial score (nSPS) is 19.0. The Morgan fingerprint density at radius 2 is 1.64 bits per heavy atom. The molecule has 1 aromatic rings. The SMILES string of the molecule is CN(C)C[C@H](NC(=O)OC(C)(C)C)C(=O)N1CCC[C@@H]1C(=O)NC1(C(=O)N[C@H](Cc2ccccc2)C(=O)N(C)C)CC1. The molecule has 1 aliphatic carbocycles. The summed E-state index contributed by atoms with van der Waals surface area (Å²) in [6.45, 7) is 5.78. The smallest absolute Gasteiger partial charge is 0.408 e. The number of nitrogens with zero attached hydrogens (tertiary/aromatic N) is 3. The Balaban J connectivity index is 1.69. The van der Waals surface area contributed by atoms with E-state index in [9.17, 15) is 24.0 Å². The second-order valence-electron chi connectivity index (χ2n) is 12.7. The molecule has 1 aliphatic heterocycles. The van der Waals surface area contributed by atoms with Crippen molar-refractivity contribution in [3.63, 3.8) is 0 Å². The molecule has 12 heteroatoms. The van der Waals surface area contributed by atoms with Crippen LogP contribution in [0, 0.1) is 0 Å². The number of ether oxygens (including phenoxy) is 1. The third kappa shape index (κ3) is 8.91. The summed E-state index contributed by atoms with van der Waals surface area (Å²) >= 11 is 0. The molecule has 3 N–H and O–H groups in total. The molecule has 2 aliphatic rings. The number of likely N-dealkylation sites (N-methyl/N-ethyl adjacent to an activating group) is 2. The van der Waals surface area contributed by atoms with Gasteiger partial charge in [-0.3, -0.25) is 19.2 Å². The van der Waals surface area contributed by atoms with Gasteiger partial charge < -0.3 is 35.4 Å². The molecule has 1 aromatic carbocycles. The van der Waals surface area contributed by atoms with Crippen LogP contribution in [0.5, 0.6) is 0 Å². The van der Waals surface area contributed by atoms with Gasteiger partial charge in [-0.05, 0) is 66.1 Å². The molecule has 0 radical (unpaired) electrons. The lowest BCUT2D eigenvalue weighted by atomic mass is 10.0. The summed E-state index contributed by atoms with van der Waals surface area (Å²) < 4.78 is 5.35. The second-order valence-corrected chi connectivity index (χ2v) is 12.7. The molecule has 42 heavy (non-hydrogen) atoms. The molecular weight excluding hydrogens is 540 g/mol. The highest BCUT2D eigenvalue weighted by Gasteiger charge is 2.53. The van der Waals surface area contributed by atoms with Crippen LogP contribution in [-0.4, -0.2) is 115 Å². The first-order valence-electron chi connectivity index (χ1n) is 14.4. The van der Waals surface area contributed by atoms with Gasteiger partial charge in [-0.15, -0.1) is 0 Å². The first-order chi connectivity index (χ1) is 19.6. The predicted molar refractivity (Wildman–Crippen MR) is 157 cm³/mol. The third-order valence-electron chi connectivity index (χ3n) is 7.25. The number of likely N-dealkylation sites (tertiary alicyclic amines) is 1. The average Bonchev–Trinajstić information content (AvgIpc) is 3.50. The van der Waals surface area contributed by atoms with Gasteiger partial charge >= 0.3 is 6.09 Å². The minimum absolute atomic E-state index is 0.220. The van der Waals surface area contributed by atoms with Crippen LogP contribution in [0.2, 0.25) is 0 Å². The Labute approximate surface area is 248 Å². The summed E-state index contributed by atoms with van der Waals surface area (Å²) in [5, 5.41) is 8.41. The van der Waals surface area contributed by atoms with Crippen molar-refractivity contribution in [3.05, 3.63) is 35.9 Å². The first kappa shape index (κ1) is 32.8. The molecule has 0 bridgehead atoms. The zero-order valence-electron chi connectivity index (χ0n) is 25.9.